The van der Waals surface area contributed by atoms with Crippen molar-refractivity contribution in [3.8, 4) is 11.3 Å². The molecule has 0 saturated carbocycles. The number of rotatable bonds is 4. The van der Waals surface area contributed by atoms with Gasteiger partial charge in [0.1, 0.15) is 5.82 Å². The first-order valence-electron chi connectivity index (χ1n) is 8.66. The van der Waals surface area contributed by atoms with Crippen molar-refractivity contribution in [3.05, 3.63) is 35.4 Å². The first-order valence-corrected chi connectivity index (χ1v) is 10.2. The molecule has 4 N–H and O–H groups in total. The SMILES string of the molecule is CNC1CN(c2nc(NS(N)(=O)=O)nc3c2CCCc2ccccc2-3)C1. The third-order valence-corrected chi connectivity index (χ3v) is 5.42. The largest absolute Gasteiger partial charge is 0.353 e. The number of nitrogens with two attached hydrogens (primary N) is 1. The van der Waals surface area contributed by atoms with Gasteiger partial charge in [0.2, 0.25) is 5.95 Å². The van der Waals surface area contributed by atoms with Crippen molar-refractivity contribution in [1.82, 2.24) is 15.3 Å². The van der Waals surface area contributed by atoms with Crippen LogP contribution in [0.15, 0.2) is 24.3 Å². The average Bonchev–Trinajstić information content (AvgIpc) is 2.72. The first-order chi connectivity index (χ1) is 12.4. The van der Waals surface area contributed by atoms with Crippen LogP contribution < -0.4 is 20.1 Å². The van der Waals surface area contributed by atoms with Gasteiger partial charge in [-0.05, 0) is 31.9 Å². The van der Waals surface area contributed by atoms with Crippen molar-refractivity contribution in [3.63, 3.8) is 0 Å². The zero-order chi connectivity index (χ0) is 18.3. The molecule has 1 aromatic heterocycles. The van der Waals surface area contributed by atoms with Crippen LogP contribution in [-0.4, -0.2) is 44.6 Å². The monoisotopic (exact) mass is 374 g/mol. The minimum Gasteiger partial charge on any atom is -0.353 e. The summed E-state index contributed by atoms with van der Waals surface area (Å²) in [5, 5.41) is 8.39. The number of aromatic nitrogens is 2. The summed E-state index contributed by atoms with van der Waals surface area (Å²) in [4.78, 5) is 11.2. The Balaban J connectivity index is 1.86. The van der Waals surface area contributed by atoms with Crippen molar-refractivity contribution < 1.29 is 8.42 Å². The molecule has 0 amide bonds. The molecule has 1 aliphatic carbocycles. The summed E-state index contributed by atoms with van der Waals surface area (Å²) in [6.07, 6.45) is 2.82. The van der Waals surface area contributed by atoms with E-state index in [9.17, 15) is 8.42 Å². The first kappa shape index (κ1) is 17.2. The molecule has 1 aliphatic heterocycles. The van der Waals surface area contributed by atoms with Gasteiger partial charge in [-0.3, -0.25) is 0 Å². The van der Waals surface area contributed by atoms with Crippen molar-refractivity contribution in [2.75, 3.05) is 29.8 Å². The van der Waals surface area contributed by atoms with Crippen LogP contribution in [0.25, 0.3) is 11.3 Å². The van der Waals surface area contributed by atoms with E-state index < -0.39 is 10.2 Å². The van der Waals surface area contributed by atoms with E-state index in [4.69, 9.17) is 5.14 Å². The van der Waals surface area contributed by atoms with Gasteiger partial charge in [-0.15, -0.1) is 0 Å². The standard InChI is InChI=1S/C17H22N6O2S/c1-19-12-9-23(10-12)16-14-8-4-6-11-5-2-3-7-13(11)15(14)20-17(21-16)22-26(18,24)25/h2-3,5,7,12,19H,4,6,8-10H2,1H3,(H2,18,24,25)(H,20,21,22). The van der Waals surface area contributed by atoms with E-state index in [1.165, 1.54) is 5.56 Å². The van der Waals surface area contributed by atoms with Crippen molar-refractivity contribution >= 4 is 22.0 Å². The highest BCUT2D eigenvalue weighted by atomic mass is 32.2. The van der Waals surface area contributed by atoms with E-state index in [1.54, 1.807) is 0 Å². The van der Waals surface area contributed by atoms with Gasteiger partial charge in [0.05, 0.1) is 5.69 Å². The molecule has 0 bridgehead atoms. The predicted octanol–water partition coefficient (Wildman–Crippen LogP) is 0.656. The van der Waals surface area contributed by atoms with Crippen molar-refractivity contribution in [2.24, 2.45) is 5.14 Å². The average molecular weight is 374 g/mol. The summed E-state index contributed by atoms with van der Waals surface area (Å²) in [5.74, 6) is 0.815. The lowest BCUT2D eigenvalue weighted by Crippen LogP contribution is -2.57. The van der Waals surface area contributed by atoms with Gasteiger partial charge in [0.15, 0.2) is 0 Å². The maximum atomic E-state index is 11.5. The molecule has 0 spiro atoms. The molecule has 8 nitrogen and oxygen atoms in total. The van der Waals surface area contributed by atoms with Gasteiger partial charge in [-0.25, -0.2) is 14.8 Å². The second kappa shape index (κ2) is 6.49. The Morgan fingerprint density at radius 1 is 1.19 bits per heavy atom. The summed E-state index contributed by atoms with van der Waals surface area (Å²) in [6, 6.07) is 8.53. The Kier molecular flexibility index (Phi) is 4.29. The summed E-state index contributed by atoms with van der Waals surface area (Å²) < 4.78 is 25.3. The normalized spacial score (nSPS) is 17.1. The predicted molar refractivity (Wildman–Crippen MR) is 101 cm³/mol. The van der Waals surface area contributed by atoms with Crippen LogP contribution in [0.2, 0.25) is 0 Å². The van der Waals surface area contributed by atoms with Gasteiger partial charge >= 0.3 is 0 Å². The second-order valence-corrected chi connectivity index (χ2v) is 8.04. The molecule has 1 saturated heterocycles. The van der Waals surface area contributed by atoms with E-state index in [1.807, 2.05) is 25.2 Å². The number of fused-ring (bicyclic) bond motifs is 3. The van der Waals surface area contributed by atoms with E-state index in [0.717, 1.165) is 55.0 Å². The number of anilines is 2. The fraction of sp³-hybridized carbons (Fsp3) is 0.412. The lowest BCUT2D eigenvalue weighted by atomic mass is 10.0. The van der Waals surface area contributed by atoms with Crippen LogP contribution in [0.3, 0.4) is 0 Å². The number of hydrogen-bond donors (Lipinski definition) is 3. The lowest BCUT2D eigenvalue weighted by Gasteiger charge is -2.41. The topological polar surface area (TPSA) is 113 Å². The van der Waals surface area contributed by atoms with E-state index in [0.29, 0.717) is 6.04 Å². The molecule has 9 heteroatoms. The highest BCUT2D eigenvalue weighted by Gasteiger charge is 2.31. The molecule has 1 aromatic carbocycles. The van der Waals surface area contributed by atoms with E-state index in [2.05, 4.69) is 31.0 Å². The zero-order valence-corrected chi connectivity index (χ0v) is 15.4. The van der Waals surface area contributed by atoms with E-state index >= 15 is 0 Å². The number of benzene rings is 1. The van der Waals surface area contributed by atoms with Gasteiger partial charge in [-0.2, -0.15) is 13.4 Å². The van der Waals surface area contributed by atoms with Crippen molar-refractivity contribution in [1.29, 1.82) is 0 Å². The van der Waals surface area contributed by atoms with Crippen LogP contribution in [-0.2, 0) is 23.1 Å². The maximum absolute atomic E-state index is 11.5. The minimum atomic E-state index is -3.94. The molecule has 138 valence electrons. The third kappa shape index (κ3) is 3.25. The number of likely N-dealkylation sites (N-methyl/N-ethyl adjacent to an activating group) is 1. The Bertz CT molecular complexity index is 940. The minimum absolute atomic E-state index is 0.0193. The molecule has 26 heavy (non-hydrogen) atoms. The summed E-state index contributed by atoms with van der Waals surface area (Å²) in [7, 11) is -2.01. The number of aryl methyl sites for hydroxylation is 1. The van der Waals surface area contributed by atoms with Crippen LogP contribution in [0.5, 0.6) is 0 Å². The second-order valence-electron chi connectivity index (χ2n) is 6.75. The highest BCUT2D eigenvalue weighted by molar-refractivity contribution is 7.90. The van der Waals surface area contributed by atoms with Gasteiger partial charge < -0.3 is 10.2 Å². The molecule has 2 aliphatic rings. The summed E-state index contributed by atoms with van der Waals surface area (Å²) in [6.45, 7) is 1.66. The maximum Gasteiger partial charge on any atom is 0.298 e. The molecular weight excluding hydrogens is 352 g/mol. The Hall–Kier alpha value is -2.23. The van der Waals surface area contributed by atoms with Gasteiger partial charge in [0.25, 0.3) is 10.2 Å². The van der Waals surface area contributed by atoms with Crippen LogP contribution in [0.4, 0.5) is 11.8 Å². The zero-order valence-electron chi connectivity index (χ0n) is 14.6. The molecule has 2 heterocycles. The molecule has 0 radical (unpaired) electrons. The Morgan fingerprint density at radius 2 is 1.96 bits per heavy atom. The number of hydrogen-bond acceptors (Lipinski definition) is 6. The smallest absolute Gasteiger partial charge is 0.298 e. The van der Waals surface area contributed by atoms with Crippen LogP contribution in [0, 0.1) is 0 Å². The summed E-state index contributed by atoms with van der Waals surface area (Å²) >= 11 is 0. The van der Waals surface area contributed by atoms with Crippen LogP contribution in [0.1, 0.15) is 17.5 Å². The molecule has 0 unspecified atom stereocenters. The van der Waals surface area contributed by atoms with Gasteiger partial charge in [0, 0.05) is 30.3 Å². The molecule has 0 atom stereocenters. The molecular formula is C17H22N6O2S. The lowest BCUT2D eigenvalue weighted by molar-refractivity contribution is 0.446. The molecule has 1 fully saturated rings. The number of nitrogens with zero attached hydrogens (tertiary/aromatic N) is 3. The van der Waals surface area contributed by atoms with E-state index in [-0.39, 0.29) is 5.95 Å². The number of nitrogens with one attached hydrogen (secondary N) is 2. The third-order valence-electron chi connectivity index (χ3n) is 4.95. The summed E-state index contributed by atoms with van der Waals surface area (Å²) in [5.41, 5.74) is 4.12. The molecule has 2 aromatic rings. The van der Waals surface area contributed by atoms with Crippen LogP contribution >= 0.6 is 0 Å². The van der Waals surface area contributed by atoms with Crippen molar-refractivity contribution in [2.45, 2.75) is 25.3 Å². The highest BCUT2D eigenvalue weighted by Crippen LogP contribution is 2.37. The fourth-order valence-corrected chi connectivity index (χ4v) is 3.96. The Labute approximate surface area is 153 Å². The van der Waals surface area contributed by atoms with Gasteiger partial charge in [-0.1, -0.05) is 24.3 Å². The Morgan fingerprint density at radius 3 is 2.69 bits per heavy atom. The molecule has 4 rings (SSSR count). The fourth-order valence-electron chi connectivity index (χ4n) is 3.62. The quantitative estimate of drug-likeness (QED) is 0.724.